The number of anilines is 1. The Hall–Kier alpha value is -3.60. The molecule has 37 heavy (non-hydrogen) atoms. The van der Waals surface area contributed by atoms with Gasteiger partial charge in [0, 0.05) is 59.4 Å². The molecule has 0 spiro atoms. The van der Waals surface area contributed by atoms with E-state index in [0.717, 1.165) is 54.8 Å². The van der Waals surface area contributed by atoms with Crippen LogP contribution >= 0.6 is 0 Å². The fraction of sp³-hybridized carbons (Fsp3) is 0.407. The van der Waals surface area contributed by atoms with Crippen LogP contribution in [0, 0.1) is 6.92 Å². The van der Waals surface area contributed by atoms with Crippen LogP contribution in [0.2, 0.25) is 0 Å². The minimum Gasteiger partial charge on any atom is -0.444 e. The van der Waals surface area contributed by atoms with Gasteiger partial charge in [-0.2, -0.15) is 5.10 Å². The Kier molecular flexibility index (Phi) is 5.82. The number of carbonyl (C=O) groups excluding carboxylic acids is 1. The highest BCUT2D eigenvalue weighted by atomic mass is 16.5. The van der Waals surface area contributed by atoms with Crippen molar-refractivity contribution in [3.05, 3.63) is 59.9 Å². The zero-order valence-corrected chi connectivity index (χ0v) is 21.1. The van der Waals surface area contributed by atoms with E-state index in [1.54, 1.807) is 26.1 Å². The lowest BCUT2D eigenvalue weighted by atomic mass is 9.95. The molecule has 2 unspecified atom stereocenters. The Labute approximate surface area is 214 Å². The summed E-state index contributed by atoms with van der Waals surface area (Å²) in [7, 11) is 0. The van der Waals surface area contributed by atoms with E-state index in [1.165, 1.54) is 6.26 Å². The van der Waals surface area contributed by atoms with E-state index in [-0.39, 0.29) is 5.69 Å². The summed E-state index contributed by atoms with van der Waals surface area (Å²) in [4.78, 5) is 24.1. The molecule has 10 nitrogen and oxygen atoms in total. The molecular formula is C27H30N6O4. The van der Waals surface area contributed by atoms with Crippen LogP contribution in [-0.2, 0) is 16.9 Å². The first kappa shape index (κ1) is 23.8. The monoisotopic (exact) mass is 502 g/mol. The summed E-state index contributed by atoms with van der Waals surface area (Å²) in [6.45, 7) is 8.71. The number of amides is 1. The highest BCUT2D eigenvalue weighted by molar-refractivity contribution is 6.04. The first-order valence-electron chi connectivity index (χ1n) is 12.5. The number of pyridine rings is 1. The number of aliphatic hydroxyl groups is 1. The highest BCUT2D eigenvalue weighted by Crippen LogP contribution is 2.33. The van der Waals surface area contributed by atoms with E-state index in [0.29, 0.717) is 29.3 Å². The molecule has 6 rings (SSSR count). The molecular weight excluding hydrogens is 472 g/mol. The van der Waals surface area contributed by atoms with Crippen molar-refractivity contribution in [1.29, 1.82) is 0 Å². The number of hydrogen-bond acceptors (Lipinski definition) is 8. The second kappa shape index (κ2) is 9.05. The van der Waals surface area contributed by atoms with Crippen molar-refractivity contribution in [1.82, 2.24) is 24.6 Å². The smallest absolute Gasteiger partial charge is 0.277 e. The lowest BCUT2D eigenvalue weighted by molar-refractivity contribution is 0.0290. The molecule has 3 aromatic heterocycles. The molecule has 5 heterocycles. The molecule has 1 aromatic carbocycles. The average molecular weight is 503 g/mol. The quantitative estimate of drug-likeness (QED) is 0.395. The second-order valence-electron chi connectivity index (χ2n) is 10.4. The summed E-state index contributed by atoms with van der Waals surface area (Å²) in [5.74, 6) is -0.0859. The van der Waals surface area contributed by atoms with Crippen LogP contribution in [0.5, 0.6) is 0 Å². The first-order chi connectivity index (χ1) is 17.7. The van der Waals surface area contributed by atoms with Gasteiger partial charge >= 0.3 is 0 Å². The molecule has 1 amide bonds. The molecule has 2 fully saturated rings. The van der Waals surface area contributed by atoms with Gasteiger partial charge in [-0.3, -0.25) is 19.4 Å². The normalized spacial score (nSPS) is 19.7. The Morgan fingerprint density at radius 1 is 1.27 bits per heavy atom. The van der Waals surface area contributed by atoms with Crippen molar-refractivity contribution >= 4 is 22.5 Å². The highest BCUT2D eigenvalue weighted by Gasteiger charge is 2.38. The van der Waals surface area contributed by atoms with Crippen molar-refractivity contribution in [2.24, 2.45) is 0 Å². The van der Waals surface area contributed by atoms with Gasteiger partial charge in [0.1, 0.15) is 6.26 Å². The van der Waals surface area contributed by atoms with E-state index in [4.69, 9.17) is 14.3 Å². The van der Waals surface area contributed by atoms with E-state index in [1.807, 2.05) is 36.0 Å². The Bertz CT molecular complexity index is 1470. The molecule has 2 atom stereocenters. The molecule has 0 aliphatic carbocycles. The predicted molar refractivity (Wildman–Crippen MR) is 137 cm³/mol. The van der Waals surface area contributed by atoms with E-state index < -0.39 is 11.5 Å². The van der Waals surface area contributed by atoms with Gasteiger partial charge in [0.15, 0.2) is 5.69 Å². The number of benzene rings is 1. The van der Waals surface area contributed by atoms with Gasteiger partial charge in [-0.1, -0.05) is 0 Å². The largest absolute Gasteiger partial charge is 0.444 e. The Morgan fingerprint density at radius 2 is 2.14 bits per heavy atom. The predicted octanol–water partition coefficient (Wildman–Crippen LogP) is 3.35. The summed E-state index contributed by atoms with van der Waals surface area (Å²) in [5.41, 5.74) is 2.35. The van der Waals surface area contributed by atoms with Gasteiger partial charge in [-0.25, -0.2) is 4.98 Å². The molecule has 2 saturated heterocycles. The minimum atomic E-state index is -1.20. The number of nitrogens with zero attached hydrogens (tertiary/aromatic N) is 5. The van der Waals surface area contributed by atoms with Gasteiger partial charge < -0.3 is 19.6 Å². The number of nitrogens with one attached hydrogen (secondary N) is 1. The molecule has 10 heteroatoms. The first-order valence-corrected chi connectivity index (χ1v) is 12.5. The number of rotatable bonds is 7. The summed E-state index contributed by atoms with van der Waals surface area (Å²) in [5, 5.41) is 19.4. The zero-order valence-electron chi connectivity index (χ0n) is 21.1. The minimum absolute atomic E-state index is 0.144. The number of likely N-dealkylation sites (tertiary alicyclic amines) is 1. The van der Waals surface area contributed by atoms with Gasteiger partial charge in [-0.15, -0.1) is 0 Å². The van der Waals surface area contributed by atoms with E-state index in [9.17, 15) is 9.90 Å². The topological polar surface area (TPSA) is 119 Å². The summed E-state index contributed by atoms with van der Waals surface area (Å²) >= 11 is 0. The number of hydrogen-bond donors (Lipinski definition) is 2. The lowest BCUT2D eigenvalue weighted by Crippen LogP contribution is -2.38. The lowest BCUT2D eigenvalue weighted by Gasteiger charge is -2.26. The van der Waals surface area contributed by atoms with Gasteiger partial charge in [0.2, 0.25) is 5.89 Å². The van der Waals surface area contributed by atoms with Crippen molar-refractivity contribution < 1.29 is 19.1 Å². The number of fused-ring (bicyclic) bond motifs is 3. The third kappa shape index (κ3) is 4.75. The summed E-state index contributed by atoms with van der Waals surface area (Å²) < 4.78 is 13.2. The van der Waals surface area contributed by atoms with Gasteiger partial charge in [0.25, 0.3) is 5.91 Å². The zero-order chi connectivity index (χ0) is 25.7. The summed E-state index contributed by atoms with van der Waals surface area (Å²) in [6.07, 6.45) is 6.47. The molecule has 2 aliphatic heterocycles. The molecule has 0 saturated carbocycles. The molecule has 2 bridgehead atoms. The number of aromatic nitrogens is 4. The average Bonchev–Trinajstić information content (AvgIpc) is 3.65. The van der Waals surface area contributed by atoms with Crippen molar-refractivity contribution in [3.63, 3.8) is 0 Å². The SMILES string of the molecule is Cc1cc(-c2nc(C(=O)Nc3cc4cn(CCN5CC6CC5CO6)nc4cc3C(C)(C)O)co2)ccn1. The van der Waals surface area contributed by atoms with Crippen molar-refractivity contribution in [2.45, 2.75) is 51.5 Å². The number of morpholine rings is 1. The fourth-order valence-electron chi connectivity index (χ4n) is 5.21. The number of ether oxygens (including phenoxy) is 1. The van der Waals surface area contributed by atoms with Gasteiger partial charge in [0.05, 0.1) is 30.4 Å². The maximum absolute atomic E-state index is 13.1. The van der Waals surface area contributed by atoms with Crippen LogP contribution in [0.3, 0.4) is 0 Å². The van der Waals surface area contributed by atoms with Crippen molar-refractivity contribution in [2.75, 3.05) is 25.0 Å². The van der Waals surface area contributed by atoms with Crippen LogP contribution in [0.15, 0.2) is 47.3 Å². The van der Waals surface area contributed by atoms with E-state index in [2.05, 4.69) is 20.2 Å². The van der Waals surface area contributed by atoms with Crippen LogP contribution in [0.4, 0.5) is 5.69 Å². The molecule has 192 valence electrons. The maximum Gasteiger partial charge on any atom is 0.277 e. The molecule has 2 aliphatic rings. The molecule has 4 aromatic rings. The van der Waals surface area contributed by atoms with E-state index >= 15 is 0 Å². The molecule has 2 N–H and O–H groups in total. The number of aryl methyl sites for hydroxylation is 1. The second-order valence-corrected chi connectivity index (χ2v) is 10.4. The van der Waals surface area contributed by atoms with Crippen LogP contribution < -0.4 is 5.32 Å². The van der Waals surface area contributed by atoms with Crippen LogP contribution in [0.25, 0.3) is 22.4 Å². The molecule has 0 radical (unpaired) electrons. The fourth-order valence-corrected chi connectivity index (χ4v) is 5.21. The van der Waals surface area contributed by atoms with Crippen molar-refractivity contribution in [3.8, 4) is 11.5 Å². The van der Waals surface area contributed by atoms with Gasteiger partial charge in [-0.05, 0) is 51.5 Å². The van der Waals surface area contributed by atoms with Crippen LogP contribution in [0.1, 0.15) is 42.0 Å². The van der Waals surface area contributed by atoms with Crippen LogP contribution in [-0.4, -0.2) is 67.5 Å². The number of carbonyl (C=O) groups is 1. The Balaban J connectivity index is 1.23. The standard InChI is InChI=1S/C27H30N6O4/c1-16-8-17(4-5-28-16)26-30-24(15-37-26)25(34)29-23-9-18-12-33(31-22(18)11-21(23)27(2,3)35)7-6-32-13-20-10-19(32)14-36-20/h4-5,8-9,11-12,15,19-20,35H,6-7,10,13-14H2,1-3H3,(H,29,34). The Morgan fingerprint density at radius 3 is 2.86 bits per heavy atom. The maximum atomic E-state index is 13.1. The number of oxazole rings is 1. The third-order valence-corrected chi connectivity index (χ3v) is 7.11. The third-order valence-electron chi connectivity index (χ3n) is 7.11. The summed E-state index contributed by atoms with van der Waals surface area (Å²) in [6, 6.07) is 7.82.